The zero-order valence-electron chi connectivity index (χ0n) is 8.90. The Labute approximate surface area is 102 Å². The largest absolute Gasteiger partial charge is 0.314 e. The van der Waals surface area contributed by atoms with E-state index in [1.807, 2.05) is 0 Å². The normalized spacial score (nSPS) is 25.7. The fraction of sp³-hybridized carbons (Fsp3) is 0.500. The lowest BCUT2D eigenvalue weighted by Crippen LogP contribution is -2.43. The van der Waals surface area contributed by atoms with Gasteiger partial charge in [0.1, 0.15) is 11.5 Å². The Morgan fingerprint density at radius 1 is 1.44 bits per heavy atom. The topological polar surface area (TPSA) is 12.0 Å². The third-order valence-corrected chi connectivity index (χ3v) is 3.71. The molecule has 88 valence electrons. The summed E-state index contributed by atoms with van der Waals surface area (Å²) in [5.41, 5.74) is -0.541. The van der Waals surface area contributed by atoms with Crippen LogP contribution in [0.5, 0.6) is 0 Å². The van der Waals surface area contributed by atoms with E-state index in [0.29, 0.717) is 18.5 Å². The van der Waals surface area contributed by atoms with Crippen LogP contribution < -0.4 is 5.32 Å². The van der Waals surface area contributed by atoms with Crippen LogP contribution in [-0.4, -0.2) is 18.8 Å². The highest BCUT2D eigenvalue weighted by Gasteiger charge is 2.32. The van der Waals surface area contributed by atoms with Crippen molar-refractivity contribution in [3.63, 3.8) is 0 Å². The van der Waals surface area contributed by atoms with Gasteiger partial charge >= 0.3 is 0 Å². The van der Waals surface area contributed by atoms with E-state index in [0.717, 1.165) is 17.4 Å². The van der Waals surface area contributed by atoms with Gasteiger partial charge in [-0.3, -0.25) is 0 Å². The summed E-state index contributed by atoms with van der Waals surface area (Å²) in [6.07, 6.45) is 1.64. The van der Waals surface area contributed by atoms with Crippen LogP contribution in [0.2, 0.25) is 0 Å². The monoisotopic (exact) mass is 289 g/mol. The van der Waals surface area contributed by atoms with Crippen molar-refractivity contribution in [2.75, 3.05) is 13.1 Å². The lowest BCUT2D eigenvalue weighted by molar-refractivity contribution is 0.122. The highest BCUT2D eigenvalue weighted by atomic mass is 79.9. The molecule has 1 saturated heterocycles. The van der Waals surface area contributed by atoms with Crippen molar-refractivity contribution in [3.05, 3.63) is 34.1 Å². The van der Waals surface area contributed by atoms with E-state index in [-0.39, 0.29) is 12.2 Å². The molecule has 0 saturated carbocycles. The number of benzene rings is 1. The Morgan fingerprint density at radius 2 is 2.25 bits per heavy atom. The molecule has 0 bridgehead atoms. The zero-order chi connectivity index (χ0) is 11.6. The number of hydrogen-bond acceptors (Lipinski definition) is 1. The third kappa shape index (κ3) is 2.80. The highest BCUT2D eigenvalue weighted by molar-refractivity contribution is 9.10. The smallest absolute Gasteiger partial charge is 0.127 e. The first-order valence-corrected chi connectivity index (χ1v) is 6.22. The first-order valence-electron chi connectivity index (χ1n) is 5.43. The van der Waals surface area contributed by atoms with Gasteiger partial charge in [0.25, 0.3) is 0 Å². The predicted octanol–water partition coefficient (Wildman–Crippen LogP) is 3.22. The van der Waals surface area contributed by atoms with Gasteiger partial charge in [0, 0.05) is 17.4 Å². The number of nitrogens with one attached hydrogen (secondary N) is 1. The van der Waals surface area contributed by atoms with E-state index in [9.17, 15) is 8.78 Å². The van der Waals surface area contributed by atoms with Crippen LogP contribution in [0.15, 0.2) is 22.7 Å². The Hall–Kier alpha value is -0.480. The van der Waals surface area contributed by atoms with Crippen molar-refractivity contribution < 1.29 is 8.78 Å². The minimum absolute atomic E-state index is 0.262. The molecule has 0 radical (unpaired) electrons. The quantitative estimate of drug-likeness (QED) is 0.882. The van der Waals surface area contributed by atoms with Crippen molar-refractivity contribution >= 4 is 15.9 Å². The van der Waals surface area contributed by atoms with E-state index in [1.54, 1.807) is 6.07 Å². The Morgan fingerprint density at radius 3 is 2.94 bits per heavy atom. The summed E-state index contributed by atoms with van der Waals surface area (Å²) in [6, 6.07) is 4.40. The molecule has 1 atom stereocenters. The summed E-state index contributed by atoms with van der Waals surface area (Å²) >= 11 is 3.33. The molecular weight excluding hydrogens is 276 g/mol. The molecule has 1 aromatic rings. The number of alkyl halides is 1. The van der Waals surface area contributed by atoms with E-state index < -0.39 is 5.67 Å². The molecule has 1 heterocycles. The Bertz CT molecular complexity index is 375. The van der Waals surface area contributed by atoms with Gasteiger partial charge in [-0.2, -0.15) is 0 Å². The SMILES string of the molecule is Fc1ccc(Br)c(CC2(F)CCCNC2)c1. The molecule has 1 aliphatic heterocycles. The maximum absolute atomic E-state index is 14.4. The van der Waals surface area contributed by atoms with Gasteiger partial charge in [0.15, 0.2) is 0 Å². The highest BCUT2D eigenvalue weighted by Crippen LogP contribution is 2.29. The van der Waals surface area contributed by atoms with E-state index >= 15 is 0 Å². The fourth-order valence-electron chi connectivity index (χ4n) is 2.10. The van der Waals surface area contributed by atoms with Crippen LogP contribution in [0.25, 0.3) is 0 Å². The maximum Gasteiger partial charge on any atom is 0.127 e. The lowest BCUT2D eigenvalue weighted by atomic mass is 9.89. The Balaban J connectivity index is 2.15. The molecule has 1 fully saturated rings. The Kier molecular flexibility index (Phi) is 3.60. The number of piperidine rings is 1. The van der Waals surface area contributed by atoms with Crippen LogP contribution in [0.1, 0.15) is 18.4 Å². The second-order valence-corrected chi connectivity index (χ2v) is 5.20. The molecule has 1 aliphatic rings. The van der Waals surface area contributed by atoms with Crippen molar-refractivity contribution in [3.8, 4) is 0 Å². The fourth-order valence-corrected chi connectivity index (χ4v) is 2.49. The summed E-state index contributed by atoms with van der Waals surface area (Å²) < 4.78 is 28.2. The minimum atomic E-state index is -1.24. The van der Waals surface area contributed by atoms with Gasteiger partial charge in [-0.05, 0) is 43.1 Å². The van der Waals surface area contributed by atoms with Gasteiger partial charge in [-0.15, -0.1) is 0 Å². The molecule has 0 spiro atoms. The van der Waals surface area contributed by atoms with Gasteiger partial charge in [-0.1, -0.05) is 15.9 Å². The van der Waals surface area contributed by atoms with Crippen LogP contribution in [0.3, 0.4) is 0 Å². The summed E-state index contributed by atoms with van der Waals surface area (Å²) in [4.78, 5) is 0. The molecule has 4 heteroatoms. The van der Waals surface area contributed by atoms with E-state index in [2.05, 4.69) is 21.2 Å². The molecule has 1 N–H and O–H groups in total. The second-order valence-electron chi connectivity index (χ2n) is 4.34. The zero-order valence-corrected chi connectivity index (χ0v) is 10.5. The molecule has 0 aliphatic carbocycles. The summed E-state index contributed by atoms with van der Waals surface area (Å²) in [5.74, 6) is -0.314. The number of rotatable bonds is 2. The van der Waals surface area contributed by atoms with Crippen molar-refractivity contribution in [1.82, 2.24) is 5.32 Å². The molecular formula is C12H14BrF2N. The van der Waals surface area contributed by atoms with E-state index in [1.165, 1.54) is 12.1 Å². The van der Waals surface area contributed by atoms with E-state index in [4.69, 9.17) is 0 Å². The standard InChI is InChI=1S/C12H14BrF2N/c13-11-3-2-10(14)6-9(11)7-12(15)4-1-5-16-8-12/h2-3,6,16H,1,4-5,7-8H2. The number of hydrogen-bond donors (Lipinski definition) is 1. The summed E-state index contributed by atoms with van der Waals surface area (Å²) in [6.45, 7) is 1.23. The summed E-state index contributed by atoms with van der Waals surface area (Å²) in [5, 5.41) is 3.05. The molecule has 1 nitrogen and oxygen atoms in total. The third-order valence-electron chi connectivity index (χ3n) is 2.94. The first-order chi connectivity index (χ1) is 7.59. The summed E-state index contributed by atoms with van der Waals surface area (Å²) in [7, 11) is 0. The lowest BCUT2D eigenvalue weighted by Gasteiger charge is -2.30. The first kappa shape index (κ1) is 12.0. The van der Waals surface area contributed by atoms with Crippen LogP contribution in [0.4, 0.5) is 8.78 Å². The van der Waals surface area contributed by atoms with Gasteiger partial charge in [0.2, 0.25) is 0 Å². The van der Waals surface area contributed by atoms with Crippen molar-refractivity contribution in [1.29, 1.82) is 0 Å². The molecule has 16 heavy (non-hydrogen) atoms. The second kappa shape index (κ2) is 4.80. The predicted molar refractivity (Wildman–Crippen MR) is 63.7 cm³/mol. The maximum atomic E-state index is 14.4. The average Bonchev–Trinajstić information content (AvgIpc) is 2.24. The van der Waals surface area contributed by atoms with Crippen molar-refractivity contribution in [2.24, 2.45) is 0 Å². The van der Waals surface area contributed by atoms with Crippen molar-refractivity contribution in [2.45, 2.75) is 24.9 Å². The van der Waals surface area contributed by atoms with Crippen LogP contribution >= 0.6 is 15.9 Å². The van der Waals surface area contributed by atoms with Gasteiger partial charge in [-0.25, -0.2) is 8.78 Å². The molecule has 0 amide bonds. The van der Waals surface area contributed by atoms with Gasteiger partial charge in [0.05, 0.1) is 0 Å². The average molecular weight is 290 g/mol. The molecule has 1 unspecified atom stereocenters. The van der Waals surface area contributed by atoms with Crippen LogP contribution in [0, 0.1) is 5.82 Å². The minimum Gasteiger partial charge on any atom is -0.314 e. The molecule has 0 aromatic heterocycles. The van der Waals surface area contributed by atoms with Crippen LogP contribution in [-0.2, 0) is 6.42 Å². The van der Waals surface area contributed by atoms with Gasteiger partial charge < -0.3 is 5.32 Å². The molecule has 1 aromatic carbocycles. The molecule has 2 rings (SSSR count). The number of halogens is 3.